The van der Waals surface area contributed by atoms with E-state index in [2.05, 4.69) is 11.6 Å². The molecule has 0 radical (unpaired) electrons. The third-order valence-corrected chi connectivity index (χ3v) is 3.60. The molecular weight excluding hydrogens is 232 g/mol. The molecule has 0 bridgehead atoms. The summed E-state index contributed by atoms with van der Waals surface area (Å²) in [6, 6.07) is 3.86. The number of nitrogens with one attached hydrogen (secondary N) is 1. The van der Waals surface area contributed by atoms with Gasteiger partial charge in [0.2, 0.25) is 0 Å². The van der Waals surface area contributed by atoms with Crippen molar-refractivity contribution in [1.82, 2.24) is 4.57 Å². The molecule has 0 fully saturated rings. The van der Waals surface area contributed by atoms with Gasteiger partial charge in [-0.1, -0.05) is 31.7 Å². The molecular formula is C13H22N2OS. The quantitative estimate of drug-likeness (QED) is 0.598. The average Bonchev–Trinajstić information content (AvgIpc) is 2.32. The Balaban J connectivity index is 2.57. The topological polar surface area (TPSA) is 34.0 Å². The number of hydrogen-bond acceptors (Lipinski definition) is 3. The molecule has 0 unspecified atom stereocenters. The Morgan fingerprint density at radius 3 is 2.71 bits per heavy atom. The van der Waals surface area contributed by atoms with Gasteiger partial charge in [-0.05, 0) is 32.4 Å². The van der Waals surface area contributed by atoms with Crippen LogP contribution >= 0.6 is 11.9 Å². The molecule has 0 aromatic carbocycles. The summed E-state index contributed by atoms with van der Waals surface area (Å²) >= 11 is 1.62. The molecule has 96 valence electrons. The summed E-state index contributed by atoms with van der Waals surface area (Å²) in [6.45, 7) is 6.87. The highest BCUT2D eigenvalue weighted by Gasteiger charge is 2.04. The van der Waals surface area contributed by atoms with Crippen molar-refractivity contribution in [2.75, 3.05) is 10.5 Å². The van der Waals surface area contributed by atoms with E-state index in [0.717, 1.165) is 18.0 Å². The molecule has 0 saturated heterocycles. The summed E-state index contributed by atoms with van der Waals surface area (Å²) in [6.07, 6.45) is 3.68. The van der Waals surface area contributed by atoms with Gasteiger partial charge in [0.1, 0.15) is 5.69 Å². The molecule has 3 nitrogen and oxygen atoms in total. The average molecular weight is 254 g/mol. The summed E-state index contributed by atoms with van der Waals surface area (Å²) in [5.74, 6) is 1.05. The molecule has 0 spiro atoms. The first-order chi connectivity index (χ1) is 8.20. The highest BCUT2D eigenvalue weighted by molar-refractivity contribution is 8.00. The molecule has 4 heteroatoms. The maximum Gasteiger partial charge on any atom is 0.274 e. The second-order valence-corrected chi connectivity index (χ2v) is 5.00. The molecule has 1 aromatic rings. The number of unbranched alkanes of at least 4 members (excludes halogenated alkanes) is 2. The van der Waals surface area contributed by atoms with E-state index >= 15 is 0 Å². The Labute approximate surface area is 108 Å². The molecule has 17 heavy (non-hydrogen) atoms. The summed E-state index contributed by atoms with van der Waals surface area (Å²) in [4.78, 5) is 12.0. The van der Waals surface area contributed by atoms with E-state index in [1.165, 1.54) is 19.3 Å². The first-order valence-corrected chi connectivity index (χ1v) is 7.27. The number of aryl methyl sites for hydroxylation is 1. The van der Waals surface area contributed by atoms with Crippen LogP contribution in [0.15, 0.2) is 16.9 Å². The van der Waals surface area contributed by atoms with Gasteiger partial charge >= 0.3 is 0 Å². The number of pyridine rings is 1. The van der Waals surface area contributed by atoms with Crippen molar-refractivity contribution < 1.29 is 0 Å². The van der Waals surface area contributed by atoms with Gasteiger partial charge in [0, 0.05) is 18.0 Å². The van der Waals surface area contributed by atoms with Crippen molar-refractivity contribution >= 4 is 17.6 Å². The van der Waals surface area contributed by atoms with Crippen molar-refractivity contribution in [3.05, 3.63) is 28.2 Å². The Morgan fingerprint density at radius 2 is 2.06 bits per heavy atom. The first kappa shape index (κ1) is 14.2. The molecule has 0 aliphatic carbocycles. The van der Waals surface area contributed by atoms with Crippen molar-refractivity contribution in [2.24, 2.45) is 0 Å². The van der Waals surface area contributed by atoms with E-state index in [0.29, 0.717) is 5.69 Å². The van der Waals surface area contributed by atoms with E-state index in [4.69, 9.17) is 0 Å². The second kappa shape index (κ2) is 7.43. The SMILES string of the molecule is CCCCCSNc1ccc(C)n(CC)c1=O. The molecule has 1 aromatic heterocycles. The Hall–Kier alpha value is -0.900. The number of nitrogens with zero attached hydrogens (tertiary/aromatic N) is 1. The van der Waals surface area contributed by atoms with Gasteiger partial charge in [-0.2, -0.15) is 0 Å². The van der Waals surface area contributed by atoms with Gasteiger partial charge in [-0.15, -0.1) is 0 Å². The van der Waals surface area contributed by atoms with E-state index in [9.17, 15) is 4.79 Å². The zero-order valence-electron chi connectivity index (χ0n) is 11.0. The van der Waals surface area contributed by atoms with Crippen LogP contribution in [0.25, 0.3) is 0 Å². The maximum absolute atomic E-state index is 12.0. The zero-order valence-corrected chi connectivity index (χ0v) is 11.8. The lowest BCUT2D eigenvalue weighted by molar-refractivity contribution is 0.703. The van der Waals surface area contributed by atoms with E-state index < -0.39 is 0 Å². The lowest BCUT2D eigenvalue weighted by Crippen LogP contribution is -2.23. The Bertz CT molecular complexity index is 401. The largest absolute Gasteiger partial charge is 0.325 e. The van der Waals surface area contributed by atoms with Crippen LogP contribution in [0.5, 0.6) is 0 Å². The van der Waals surface area contributed by atoms with Crippen molar-refractivity contribution in [1.29, 1.82) is 0 Å². The highest BCUT2D eigenvalue weighted by atomic mass is 32.2. The molecule has 1 rings (SSSR count). The van der Waals surface area contributed by atoms with Gasteiger partial charge in [0.25, 0.3) is 5.56 Å². The monoisotopic (exact) mass is 254 g/mol. The third-order valence-electron chi connectivity index (χ3n) is 2.74. The number of aromatic nitrogens is 1. The fraction of sp³-hybridized carbons (Fsp3) is 0.615. The molecule has 0 amide bonds. The molecule has 0 aliphatic rings. The second-order valence-electron chi connectivity index (χ2n) is 4.10. The van der Waals surface area contributed by atoms with Gasteiger partial charge in [0.15, 0.2) is 0 Å². The van der Waals surface area contributed by atoms with Gasteiger partial charge in [-0.3, -0.25) is 4.79 Å². The zero-order chi connectivity index (χ0) is 12.7. The molecule has 0 atom stereocenters. The predicted octanol–water partition coefficient (Wildman–Crippen LogP) is 3.43. The van der Waals surface area contributed by atoms with Gasteiger partial charge in [-0.25, -0.2) is 0 Å². The predicted molar refractivity (Wildman–Crippen MR) is 76.7 cm³/mol. The minimum atomic E-state index is 0.0792. The number of rotatable bonds is 7. The van der Waals surface area contributed by atoms with E-state index in [1.54, 1.807) is 16.5 Å². The number of anilines is 1. The van der Waals surface area contributed by atoms with Crippen LogP contribution in [-0.4, -0.2) is 10.3 Å². The molecule has 0 aliphatic heterocycles. The standard InChI is InChI=1S/C13H22N2OS/c1-4-6-7-10-17-14-12-9-8-11(3)15(5-2)13(12)16/h8-9,14H,4-7,10H2,1-3H3. The molecule has 1 N–H and O–H groups in total. The summed E-state index contributed by atoms with van der Waals surface area (Å²) in [7, 11) is 0. The first-order valence-electron chi connectivity index (χ1n) is 6.29. The fourth-order valence-corrected chi connectivity index (χ4v) is 2.46. The Kier molecular flexibility index (Phi) is 6.19. The normalized spacial score (nSPS) is 10.5. The van der Waals surface area contributed by atoms with Gasteiger partial charge < -0.3 is 9.29 Å². The summed E-state index contributed by atoms with van der Waals surface area (Å²) < 4.78 is 4.94. The molecule has 0 saturated carbocycles. The summed E-state index contributed by atoms with van der Waals surface area (Å²) in [5.41, 5.74) is 1.79. The van der Waals surface area contributed by atoms with Crippen LogP contribution in [0.3, 0.4) is 0 Å². The van der Waals surface area contributed by atoms with Crippen molar-refractivity contribution in [2.45, 2.75) is 46.6 Å². The minimum Gasteiger partial charge on any atom is -0.325 e. The van der Waals surface area contributed by atoms with Crippen molar-refractivity contribution in [3.8, 4) is 0 Å². The van der Waals surface area contributed by atoms with Crippen LogP contribution in [0, 0.1) is 6.92 Å². The lowest BCUT2D eigenvalue weighted by atomic mass is 10.3. The minimum absolute atomic E-state index is 0.0792. The number of hydrogen-bond donors (Lipinski definition) is 1. The smallest absolute Gasteiger partial charge is 0.274 e. The fourth-order valence-electron chi connectivity index (χ4n) is 1.69. The van der Waals surface area contributed by atoms with E-state index in [1.807, 2.05) is 26.0 Å². The van der Waals surface area contributed by atoms with Crippen LogP contribution in [0.1, 0.15) is 38.8 Å². The van der Waals surface area contributed by atoms with E-state index in [-0.39, 0.29) is 5.56 Å². The molecule has 1 heterocycles. The third kappa shape index (κ3) is 4.11. The van der Waals surface area contributed by atoms with Crippen LogP contribution in [0.2, 0.25) is 0 Å². The highest BCUT2D eigenvalue weighted by Crippen LogP contribution is 2.11. The van der Waals surface area contributed by atoms with Crippen LogP contribution in [-0.2, 0) is 6.54 Å². The Morgan fingerprint density at radius 1 is 1.29 bits per heavy atom. The lowest BCUT2D eigenvalue weighted by Gasteiger charge is -2.10. The van der Waals surface area contributed by atoms with Crippen LogP contribution in [0.4, 0.5) is 5.69 Å². The van der Waals surface area contributed by atoms with Gasteiger partial charge in [0.05, 0.1) is 0 Å². The maximum atomic E-state index is 12.0. The summed E-state index contributed by atoms with van der Waals surface area (Å²) in [5, 5.41) is 0. The van der Waals surface area contributed by atoms with Crippen molar-refractivity contribution in [3.63, 3.8) is 0 Å². The van der Waals surface area contributed by atoms with Crippen LogP contribution < -0.4 is 10.3 Å².